The predicted molar refractivity (Wildman–Crippen MR) is 65.8 cm³/mol. The third kappa shape index (κ3) is 2.43. The molecule has 2 rings (SSSR count). The molecule has 0 bridgehead atoms. The van der Waals surface area contributed by atoms with Crippen molar-refractivity contribution in [3.8, 4) is 11.4 Å². The van der Waals surface area contributed by atoms with Gasteiger partial charge in [0.25, 0.3) is 5.56 Å². The molecule has 2 heterocycles. The molecule has 0 spiro atoms. The minimum Gasteiger partial charge on any atom is -0.306 e. The van der Waals surface area contributed by atoms with Crippen LogP contribution in [0.5, 0.6) is 0 Å². The van der Waals surface area contributed by atoms with Crippen LogP contribution in [-0.4, -0.2) is 19.7 Å². The molecule has 2 aromatic rings. The number of hydrogen-bond acceptors (Lipinski definition) is 3. The van der Waals surface area contributed by atoms with Crippen LogP contribution < -0.4 is 5.56 Å². The summed E-state index contributed by atoms with van der Waals surface area (Å²) in [5, 5.41) is 4.25. The number of rotatable bonds is 3. The van der Waals surface area contributed by atoms with Crippen molar-refractivity contribution in [2.75, 3.05) is 0 Å². The highest BCUT2D eigenvalue weighted by Gasteiger charge is 2.09. The Bertz CT molecular complexity index is 582. The average Bonchev–Trinajstić information content (AvgIpc) is 2.57. The third-order valence-corrected chi connectivity index (χ3v) is 2.57. The SMILES string of the molecule is CCCc1cc(=O)[nH]c(-c2cn(C)nc2C)n1. The molecule has 0 atom stereocenters. The first-order valence-corrected chi connectivity index (χ1v) is 5.71. The van der Waals surface area contributed by atoms with E-state index in [1.807, 2.05) is 20.2 Å². The lowest BCUT2D eigenvalue weighted by Gasteiger charge is -2.01. The van der Waals surface area contributed by atoms with Gasteiger partial charge in [-0.1, -0.05) is 13.3 Å². The Morgan fingerprint density at radius 1 is 1.47 bits per heavy atom. The van der Waals surface area contributed by atoms with Crippen LogP contribution in [0.4, 0.5) is 0 Å². The Morgan fingerprint density at radius 2 is 2.24 bits per heavy atom. The molecule has 0 unspecified atom stereocenters. The summed E-state index contributed by atoms with van der Waals surface area (Å²) < 4.78 is 1.72. The molecule has 0 aliphatic heterocycles. The maximum atomic E-state index is 11.6. The normalized spacial score (nSPS) is 10.8. The molecular weight excluding hydrogens is 216 g/mol. The van der Waals surface area contributed by atoms with Crippen molar-refractivity contribution < 1.29 is 0 Å². The Hall–Kier alpha value is -1.91. The van der Waals surface area contributed by atoms with Crippen LogP contribution in [0, 0.1) is 6.92 Å². The van der Waals surface area contributed by atoms with Crippen molar-refractivity contribution in [1.29, 1.82) is 0 Å². The molecule has 5 nitrogen and oxygen atoms in total. The van der Waals surface area contributed by atoms with Crippen molar-refractivity contribution in [2.45, 2.75) is 26.7 Å². The number of aryl methyl sites for hydroxylation is 3. The van der Waals surface area contributed by atoms with Gasteiger partial charge >= 0.3 is 0 Å². The molecule has 0 fully saturated rings. The number of aromatic amines is 1. The van der Waals surface area contributed by atoms with E-state index in [4.69, 9.17) is 0 Å². The Kier molecular flexibility index (Phi) is 3.08. The molecule has 1 N–H and O–H groups in total. The molecule has 0 aromatic carbocycles. The minimum absolute atomic E-state index is 0.110. The lowest BCUT2D eigenvalue weighted by Crippen LogP contribution is -2.10. The van der Waals surface area contributed by atoms with E-state index < -0.39 is 0 Å². The van der Waals surface area contributed by atoms with Crippen LogP contribution >= 0.6 is 0 Å². The van der Waals surface area contributed by atoms with Crippen LogP contribution in [0.15, 0.2) is 17.1 Å². The first-order chi connectivity index (χ1) is 8.10. The summed E-state index contributed by atoms with van der Waals surface area (Å²) in [6.07, 6.45) is 3.65. The summed E-state index contributed by atoms with van der Waals surface area (Å²) in [5.41, 5.74) is 2.46. The number of aromatic nitrogens is 4. The Labute approximate surface area is 99.5 Å². The highest BCUT2D eigenvalue weighted by atomic mass is 16.1. The second-order valence-corrected chi connectivity index (χ2v) is 4.14. The zero-order valence-electron chi connectivity index (χ0n) is 10.3. The van der Waals surface area contributed by atoms with E-state index in [0.29, 0.717) is 5.82 Å². The number of H-pyrrole nitrogens is 1. The van der Waals surface area contributed by atoms with E-state index >= 15 is 0 Å². The second-order valence-electron chi connectivity index (χ2n) is 4.14. The Balaban J connectivity index is 2.51. The van der Waals surface area contributed by atoms with E-state index in [1.165, 1.54) is 0 Å². The first kappa shape index (κ1) is 11.6. The highest BCUT2D eigenvalue weighted by molar-refractivity contribution is 5.56. The summed E-state index contributed by atoms with van der Waals surface area (Å²) >= 11 is 0. The lowest BCUT2D eigenvalue weighted by atomic mass is 10.2. The maximum absolute atomic E-state index is 11.6. The van der Waals surface area contributed by atoms with Gasteiger partial charge in [-0.25, -0.2) is 4.98 Å². The fraction of sp³-hybridized carbons (Fsp3) is 0.417. The van der Waals surface area contributed by atoms with E-state index in [2.05, 4.69) is 22.0 Å². The topological polar surface area (TPSA) is 63.6 Å². The van der Waals surface area contributed by atoms with Gasteiger partial charge in [0.15, 0.2) is 0 Å². The summed E-state index contributed by atoms with van der Waals surface area (Å²) in [5.74, 6) is 0.603. The van der Waals surface area contributed by atoms with Crippen LogP contribution in [-0.2, 0) is 13.5 Å². The Morgan fingerprint density at radius 3 is 2.82 bits per heavy atom. The molecule has 0 saturated heterocycles. The number of nitrogens with zero attached hydrogens (tertiary/aromatic N) is 3. The summed E-state index contributed by atoms with van der Waals surface area (Å²) in [7, 11) is 1.85. The zero-order valence-corrected chi connectivity index (χ0v) is 10.3. The van der Waals surface area contributed by atoms with Crippen molar-refractivity contribution >= 4 is 0 Å². The number of hydrogen-bond donors (Lipinski definition) is 1. The monoisotopic (exact) mass is 232 g/mol. The smallest absolute Gasteiger partial charge is 0.251 e. The fourth-order valence-corrected chi connectivity index (χ4v) is 1.85. The molecule has 5 heteroatoms. The van der Waals surface area contributed by atoms with Gasteiger partial charge < -0.3 is 4.98 Å². The quantitative estimate of drug-likeness (QED) is 0.870. The standard InChI is InChI=1S/C12H16N4O/c1-4-5-9-6-11(17)14-12(13-9)10-7-16(3)15-8(10)2/h6-7H,4-5H2,1-3H3,(H,13,14,17). The first-order valence-electron chi connectivity index (χ1n) is 5.71. The van der Waals surface area contributed by atoms with Crippen LogP contribution in [0.3, 0.4) is 0 Å². The van der Waals surface area contributed by atoms with Gasteiger partial charge in [-0.3, -0.25) is 9.48 Å². The van der Waals surface area contributed by atoms with Gasteiger partial charge in [-0.2, -0.15) is 5.10 Å². The fourth-order valence-electron chi connectivity index (χ4n) is 1.85. The van der Waals surface area contributed by atoms with Gasteiger partial charge in [0.1, 0.15) is 5.82 Å². The maximum Gasteiger partial charge on any atom is 0.251 e. The lowest BCUT2D eigenvalue weighted by molar-refractivity contribution is 0.756. The van der Waals surface area contributed by atoms with Crippen LogP contribution in [0.1, 0.15) is 24.7 Å². The molecule has 0 saturated carbocycles. The van der Waals surface area contributed by atoms with Gasteiger partial charge in [-0.15, -0.1) is 0 Å². The van der Waals surface area contributed by atoms with Crippen molar-refractivity contribution in [3.05, 3.63) is 34.0 Å². The highest BCUT2D eigenvalue weighted by Crippen LogP contribution is 2.17. The van der Waals surface area contributed by atoms with Gasteiger partial charge in [0.05, 0.1) is 11.3 Å². The van der Waals surface area contributed by atoms with E-state index in [1.54, 1.807) is 10.7 Å². The third-order valence-electron chi connectivity index (χ3n) is 2.57. The van der Waals surface area contributed by atoms with E-state index in [-0.39, 0.29) is 5.56 Å². The van der Waals surface area contributed by atoms with Crippen molar-refractivity contribution in [1.82, 2.24) is 19.7 Å². The molecule has 17 heavy (non-hydrogen) atoms. The predicted octanol–water partition coefficient (Wildman–Crippen LogP) is 1.43. The average molecular weight is 232 g/mol. The van der Waals surface area contributed by atoms with Crippen molar-refractivity contribution in [3.63, 3.8) is 0 Å². The minimum atomic E-state index is -0.110. The molecule has 0 amide bonds. The molecule has 90 valence electrons. The summed E-state index contributed by atoms with van der Waals surface area (Å²) in [4.78, 5) is 18.8. The summed E-state index contributed by atoms with van der Waals surface area (Å²) in [6, 6.07) is 1.55. The van der Waals surface area contributed by atoms with Gasteiger partial charge in [0, 0.05) is 25.0 Å². The van der Waals surface area contributed by atoms with Crippen LogP contribution in [0.2, 0.25) is 0 Å². The molecule has 0 aliphatic rings. The van der Waals surface area contributed by atoms with E-state index in [9.17, 15) is 4.79 Å². The van der Waals surface area contributed by atoms with Crippen LogP contribution in [0.25, 0.3) is 11.4 Å². The largest absolute Gasteiger partial charge is 0.306 e. The second kappa shape index (κ2) is 4.53. The molecule has 2 aromatic heterocycles. The zero-order chi connectivity index (χ0) is 12.4. The molecule has 0 radical (unpaired) electrons. The van der Waals surface area contributed by atoms with E-state index in [0.717, 1.165) is 29.8 Å². The molecular formula is C12H16N4O. The van der Waals surface area contributed by atoms with Gasteiger partial charge in [-0.05, 0) is 13.3 Å². The number of nitrogens with one attached hydrogen (secondary N) is 1. The molecule has 0 aliphatic carbocycles. The van der Waals surface area contributed by atoms with Gasteiger partial charge in [0.2, 0.25) is 0 Å². The van der Waals surface area contributed by atoms with Crippen molar-refractivity contribution in [2.24, 2.45) is 7.05 Å². The summed E-state index contributed by atoms with van der Waals surface area (Å²) in [6.45, 7) is 3.97.